The Balaban J connectivity index is 1.70. The molecule has 0 spiro atoms. The van der Waals surface area contributed by atoms with Gasteiger partial charge in [0.25, 0.3) is 0 Å². The van der Waals surface area contributed by atoms with Crippen LogP contribution in [0.4, 0.5) is 0 Å². The number of ether oxygens (including phenoxy) is 1. The standard InChI is InChI=1S/C17H30N4O2/c1-14-13-16(3)21(18-14)8-7-19(4)17(22)6-5-15(2)20-9-11-23-12-10-20/h13,15H,5-12H2,1-4H3/t15-/m1/s1. The number of aryl methyl sites for hydroxylation is 2. The molecule has 23 heavy (non-hydrogen) atoms. The van der Waals surface area contributed by atoms with Crippen LogP contribution in [0.3, 0.4) is 0 Å². The fourth-order valence-electron chi connectivity index (χ4n) is 2.99. The summed E-state index contributed by atoms with van der Waals surface area (Å²) in [6.45, 7) is 11.3. The van der Waals surface area contributed by atoms with Crippen molar-refractivity contribution in [3.05, 3.63) is 17.5 Å². The molecular weight excluding hydrogens is 292 g/mol. The van der Waals surface area contributed by atoms with Gasteiger partial charge in [-0.05, 0) is 33.3 Å². The van der Waals surface area contributed by atoms with E-state index in [0.717, 1.165) is 50.7 Å². The van der Waals surface area contributed by atoms with Crippen LogP contribution in [0.5, 0.6) is 0 Å². The zero-order valence-electron chi connectivity index (χ0n) is 14.9. The minimum atomic E-state index is 0.214. The zero-order valence-corrected chi connectivity index (χ0v) is 14.9. The number of carbonyl (C=O) groups excluding carboxylic acids is 1. The average Bonchev–Trinajstić information content (AvgIpc) is 2.88. The third-order valence-electron chi connectivity index (χ3n) is 4.62. The van der Waals surface area contributed by atoms with Crippen molar-refractivity contribution in [1.82, 2.24) is 19.6 Å². The molecule has 130 valence electrons. The SMILES string of the molecule is Cc1cc(C)n(CCN(C)C(=O)CC[C@@H](C)N2CCOCC2)n1. The highest BCUT2D eigenvalue weighted by molar-refractivity contribution is 5.75. The van der Waals surface area contributed by atoms with Gasteiger partial charge in [0.15, 0.2) is 0 Å². The van der Waals surface area contributed by atoms with Crippen molar-refractivity contribution in [1.29, 1.82) is 0 Å². The smallest absolute Gasteiger partial charge is 0.222 e. The average molecular weight is 322 g/mol. The minimum Gasteiger partial charge on any atom is -0.379 e. The molecule has 2 heterocycles. The summed E-state index contributed by atoms with van der Waals surface area (Å²) in [6.07, 6.45) is 1.51. The van der Waals surface area contributed by atoms with E-state index in [2.05, 4.69) is 23.0 Å². The summed E-state index contributed by atoms with van der Waals surface area (Å²) in [6, 6.07) is 2.50. The van der Waals surface area contributed by atoms with Crippen molar-refractivity contribution in [2.45, 2.75) is 46.2 Å². The molecule has 1 saturated heterocycles. The molecule has 0 radical (unpaired) electrons. The second-order valence-corrected chi connectivity index (χ2v) is 6.50. The van der Waals surface area contributed by atoms with Crippen molar-refractivity contribution in [3.8, 4) is 0 Å². The maximum Gasteiger partial charge on any atom is 0.222 e. The zero-order chi connectivity index (χ0) is 16.8. The van der Waals surface area contributed by atoms with Crippen molar-refractivity contribution in [2.75, 3.05) is 39.9 Å². The van der Waals surface area contributed by atoms with Crippen LogP contribution in [0.25, 0.3) is 0 Å². The highest BCUT2D eigenvalue weighted by atomic mass is 16.5. The first-order valence-electron chi connectivity index (χ1n) is 8.54. The first-order valence-corrected chi connectivity index (χ1v) is 8.54. The molecular formula is C17H30N4O2. The molecule has 0 aromatic carbocycles. The highest BCUT2D eigenvalue weighted by Gasteiger charge is 2.18. The van der Waals surface area contributed by atoms with E-state index in [-0.39, 0.29) is 5.91 Å². The number of likely N-dealkylation sites (N-methyl/N-ethyl adjacent to an activating group) is 1. The molecule has 1 fully saturated rings. The van der Waals surface area contributed by atoms with E-state index in [1.165, 1.54) is 0 Å². The van der Waals surface area contributed by atoms with Crippen LogP contribution in [0.1, 0.15) is 31.2 Å². The van der Waals surface area contributed by atoms with Gasteiger partial charge in [-0.2, -0.15) is 5.10 Å². The van der Waals surface area contributed by atoms with Crippen LogP contribution in [0, 0.1) is 13.8 Å². The number of nitrogens with zero attached hydrogens (tertiary/aromatic N) is 4. The van der Waals surface area contributed by atoms with Crippen molar-refractivity contribution in [3.63, 3.8) is 0 Å². The Morgan fingerprint density at radius 3 is 2.70 bits per heavy atom. The summed E-state index contributed by atoms with van der Waals surface area (Å²) in [5, 5.41) is 4.44. The van der Waals surface area contributed by atoms with Crippen LogP contribution < -0.4 is 0 Å². The fraction of sp³-hybridized carbons (Fsp3) is 0.765. The fourth-order valence-corrected chi connectivity index (χ4v) is 2.99. The van der Waals surface area contributed by atoms with Gasteiger partial charge >= 0.3 is 0 Å². The Labute approximate surface area is 139 Å². The van der Waals surface area contributed by atoms with E-state index in [4.69, 9.17) is 4.74 Å². The van der Waals surface area contributed by atoms with Crippen LogP contribution in [-0.4, -0.2) is 71.4 Å². The monoisotopic (exact) mass is 322 g/mol. The molecule has 1 aliphatic rings. The summed E-state index contributed by atoms with van der Waals surface area (Å²) in [7, 11) is 1.88. The van der Waals surface area contributed by atoms with E-state index in [1.54, 1.807) is 0 Å². The van der Waals surface area contributed by atoms with Crippen molar-refractivity contribution >= 4 is 5.91 Å². The van der Waals surface area contributed by atoms with Gasteiger partial charge in [0, 0.05) is 44.8 Å². The Hall–Kier alpha value is -1.40. The Kier molecular flexibility index (Phi) is 6.59. The predicted octanol–water partition coefficient (Wildman–Crippen LogP) is 1.46. The summed E-state index contributed by atoms with van der Waals surface area (Å²) in [5.41, 5.74) is 2.17. The van der Waals surface area contributed by atoms with Gasteiger partial charge in [-0.1, -0.05) is 0 Å². The van der Waals surface area contributed by atoms with Crippen molar-refractivity contribution in [2.24, 2.45) is 0 Å². The lowest BCUT2D eigenvalue weighted by molar-refractivity contribution is -0.130. The van der Waals surface area contributed by atoms with Crippen molar-refractivity contribution < 1.29 is 9.53 Å². The first kappa shape index (κ1) is 17.9. The second-order valence-electron chi connectivity index (χ2n) is 6.50. The summed E-state index contributed by atoms with van der Waals surface area (Å²) < 4.78 is 7.34. The molecule has 1 amide bonds. The molecule has 6 heteroatoms. The maximum absolute atomic E-state index is 12.3. The Bertz CT molecular complexity index is 509. The molecule has 2 rings (SSSR count). The molecule has 1 atom stereocenters. The van der Waals surface area contributed by atoms with Gasteiger partial charge in [-0.25, -0.2) is 0 Å². The van der Waals surface area contributed by atoms with E-state index in [1.807, 2.05) is 30.5 Å². The summed E-state index contributed by atoms with van der Waals surface area (Å²) >= 11 is 0. The van der Waals surface area contributed by atoms with E-state index in [0.29, 0.717) is 19.0 Å². The van der Waals surface area contributed by atoms with Gasteiger partial charge < -0.3 is 9.64 Å². The topological polar surface area (TPSA) is 50.6 Å². The molecule has 1 aliphatic heterocycles. The lowest BCUT2D eigenvalue weighted by Gasteiger charge is -2.32. The molecule has 0 saturated carbocycles. The van der Waals surface area contributed by atoms with Gasteiger partial charge in [0.05, 0.1) is 25.5 Å². The molecule has 0 bridgehead atoms. The number of amides is 1. The molecule has 0 N–H and O–H groups in total. The largest absolute Gasteiger partial charge is 0.379 e. The summed E-state index contributed by atoms with van der Waals surface area (Å²) in [4.78, 5) is 16.5. The number of carbonyl (C=O) groups is 1. The van der Waals surface area contributed by atoms with Gasteiger partial charge in [-0.3, -0.25) is 14.4 Å². The van der Waals surface area contributed by atoms with Gasteiger partial charge in [0.1, 0.15) is 0 Å². The normalized spacial score (nSPS) is 17.2. The first-order chi connectivity index (χ1) is 11.0. The number of rotatable bonds is 7. The van der Waals surface area contributed by atoms with Crippen LogP contribution in [-0.2, 0) is 16.1 Å². The number of aromatic nitrogens is 2. The Morgan fingerprint density at radius 1 is 1.39 bits per heavy atom. The number of hydrogen-bond donors (Lipinski definition) is 0. The van der Waals surface area contributed by atoms with E-state index < -0.39 is 0 Å². The molecule has 0 aliphatic carbocycles. The van der Waals surface area contributed by atoms with Crippen LogP contribution in [0.15, 0.2) is 6.07 Å². The third-order valence-corrected chi connectivity index (χ3v) is 4.62. The van der Waals surface area contributed by atoms with Gasteiger partial charge in [0.2, 0.25) is 5.91 Å². The molecule has 1 aromatic heterocycles. The molecule has 6 nitrogen and oxygen atoms in total. The van der Waals surface area contributed by atoms with Gasteiger partial charge in [-0.15, -0.1) is 0 Å². The molecule has 0 unspecified atom stereocenters. The quantitative estimate of drug-likeness (QED) is 0.763. The number of hydrogen-bond acceptors (Lipinski definition) is 4. The lowest BCUT2D eigenvalue weighted by Crippen LogP contribution is -2.42. The summed E-state index contributed by atoms with van der Waals surface area (Å²) in [5.74, 6) is 0.214. The maximum atomic E-state index is 12.3. The predicted molar refractivity (Wildman–Crippen MR) is 90.4 cm³/mol. The second kappa shape index (κ2) is 8.45. The van der Waals surface area contributed by atoms with E-state index >= 15 is 0 Å². The minimum absolute atomic E-state index is 0.214. The van der Waals surface area contributed by atoms with E-state index in [9.17, 15) is 4.79 Å². The van der Waals surface area contributed by atoms with Crippen LogP contribution >= 0.6 is 0 Å². The van der Waals surface area contributed by atoms with Crippen LogP contribution in [0.2, 0.25) is 0 Å². The number of morpholine rings is 1. The third kappa shape index (κ3) is 5.32. The lowest BCUT2D eigenvalue weighted by atomic mass is 10.1. The highest BCUT2D eigenvalue weighted by Crippen LogP contribution is 2.10. The Morgan fingerprint density at radius 2 is 2.09 bits per heavy atom. The molecule has 1 aromatic rings.